The number of rotatable bonds is 51. The van der Waals surface area contributed by atoms with Crippen LogP contribution in [0.5, 0.6) is 0 Å². The van der Waals surface area contributed by atoms with Gasteiger partial charge in [0.1, 0.15) is 5.82 Å². The fourth-order valence-electron chi connectivity index (χ4n) is 14.5. The highest BCUT2D eigenvalue weighted by atomic mass is 19.1. The minimum atomic E-state index is -0.136. The van der Waals surface area contributed by atoms with Gasteiger partial charge in [-0.05, 0) is 299 Å². The van der Waals surface area contributed by atoms with Crippen LogP contribution >= 0.6 is 0 Å². The molecule has 2 aromatic carbocycles. The summed E-state index contributed by atoms with van der Waals surface area (Å²) in [5.74, 6) is 20.4. The third kappa shape index (κ3) is 70.9. The minimum absolute atomic E-state index is 0.0607. The summed E-state index contributed by atoms with van der Waals surface area (Å²) < 4.78 is 30.0. The molecule has 4 rings (SSSR count). The van der Waals surface area contributed by atoms with Crippen molar-refractivity contribution >= 4 is 0 Å². The maximum atomic E-state index is 12.9. The molecular weight excluding hydrogens is 1350 g/mol. The van der Waals surface area contributed by atoms with Gasteiger partial charge < -0.3 is 14.2 Å². The summed E-state index contributed by atoms with van der Waals surface area (Å²) in [6.07, 6.45) is 36.5. The zero-order chi connectivity index (χ0) is 85.6. The van der Waals surface area contributed by atoms with Crippen LogP contribution < -0.4 is 0 Å². The van der Waals surface area contributed by atoms with Crippen LogP contribution in [-0.4, -0.2) is 38.6 Å². The lowest BCUT2D eigenvalue weighted by molar-refractivity contribution is -0.0334. The highest BCUT2D eigenvalue weighted by molar-refractivity contribution is 5.29. The lowest BCUT2D eigenvalue weighted by Gasteiger charge is -2.27. The first-order chi connectivity index (χ1) is 51.6. The molecule has 660 valence electrons. The number of ether oxygens (including phenoxy) is 3. The quantitative estimate of drug-likeness (QED) is 0.0618. The fourth-order valence-corrected chi connectivity index (χ4v) is 14.5. The van der Waals surface area contributed by atoms with E-state index in [1.807, 2.05) is 12.1 Å². The SMILES string of the molecule is CC(C)CCC1CC1CC(C)C(C)C.CC(C)CCC1CC1C[C@@H](C)C(C)C.CC(C)CCCCCC(Cc1ccc(F)cc1)C(C)C.CC(C)CCCCCC(Cc1cccc(C(C)(C)C)c1)C(C)C.CC(C)CCCOC(C)(C)CC(C)C.CC(C)CCCOCC(C)C(C)C.CC(C)CCCOC[C@@H](C)C(C)C. The molecule has 0 aliphatic heterocycles. The van der Waals surface area contributed by atoms with Crippen molar-refractivity contribution < 1.29 is 18.6 Å². The van der Waals surface area contributed by atoms with Crippen molar-refractivity contribution in [1.82, 2.24) is 0 Å². The van der Waals surface area contributed by atoms with Gasteiger partial charge in [0.15, 0.2) is 0 Å². The second-order valence-corrected chi connectivity index (χ2v) is 43.8. The Bertz CT molecular complexity index is 2260. The van der Waals surface area contributed by atoms with Crippen LogP contribution in [0.2, 0.25) is 0 Å². The lowest BCUT2D eigenvalue weighted by atomic mass is 9.82. The van der Waals surface area contributed by atoms with E-state index < -0.39 is 0 Å². The Morgan fingerprint density at radius 3 is 0.991 bits per heavy atom. The van der Waals surface area contributed by atoms with E-state index in [-0.39, 0.29) is 16.8 Å². The smallest absolute Gasteiger partial charge is 0.123 e. The molecule has 0 bridgehead atoms. The van der Waals surface area contributed by atoms with Crippen LogP contribution in [0.1, 0.15) is 433 Å². The Kier molecular flexibility index (Phi) is 67.5. The van der Waals surface area contributed by atoms with Crippen molar-refractivity contribution in [1.29, 1.82) is 0 Å². The van der Waals surface area contributed by atoms with Gasteiger partial charge in [-0.25, -0.2) is 4.39 Å². The number of hydrogen-bond acceptors (Lipinski definition) is 3. The molecule has 0 aromatic heterocycles. The molecule has 0 saturated heterocycles. The molecule has 2 fully saturated rings. The Morgan fingerprint density at radius 2 is 0.667 bits per heavy atom. The van der Waals surface area contributed by atoms with Crippen LogP contribution in [0.25, 0.3) is 0 Å². The molecule has 2 aliphatic carbocycles. The van der Waals surface area contributed by atoms with Crippen LogP contribution in [-0.2, 0) is 32.5 Å². The summed E-state index contributed by atoms with van der Waals surface area (Å²) in [4.78, 5) is 0. The number of unbranched alkanes of at least 4 members (excludes halogenated alkanes) is 4. The standard InChI is InChI=1S/C23H40.C19H31F.2C14H28.C13H28O.2C12H26O/c1-18(2)12-9-8-10-14-21(19(3)4)16-20-13-11-15-22(17-20)23(5,6)7;1-15(2)8-6-5-7-9-18(16(3)4)14-17-10-12-19(20)13-11-17;2*1-10(2)6-7-13-9-14(13)8-12(5)11(3)4;1-11(2)8-7-9-14-13(5,6)10-12(3)4;2*1-10(2)7-6-8-13-9-12(5)11(3)4/h11,13,15,17-19,21H,8-10,12,14,16H2,1-7H3;10-13,15-16,18H,5-9,14H2,1-4H3;2*10-14H,6-9H2,1-5H3;11-12H,7-10H2,1-6H3;2*10-12H,6-9H2,1-5H3/t;;12-,13?,14?;;;12-;/m..1..1./s1. The highest BCUT2D eigenvalue weighted by Crippen LogP contribution is 2.48. The van der Waals surface area contributed by atoms with Crippen LogP contribution in [0.3, 0.4) is 0 Å². The van der Waals surface area contributed by atoms with Crippen LogP contribution in [0, 0.1) is 148 Å². The first-order valence-electron chi connectivity index (χ1n) is 48.2. The van der Waals surface area contributed by atoms with Crippen LogP contribution in [0.4, 0.5) is 4.39 Å². The summed E-state index contributed by atoms with van der Waals surface area (Å²) in [6, 6.07) is 16.3. The number of halogens is 1. The molecule has 3 nitrogen and oxygen atoms in total. The first kappa shape index (κ1) is 113. The molecule has 8 unspecified atom stereocenters. The predicted molar refractivity (Wildman–Crippen MR) is 501 cm³/mol. The van der Waals surface area contributed by atoms with Gasteiger partial charge >= 0.3 is 0 Å². The monoisotopic (exact) mass is 1560 g/mol. The summed E-state index contributed by atoms with van der Waals surface area (Å²) in [5.41, 5.74) is 4.57. The Labute approximate surface area is 701 Å². The van der Waals surface area contributed by atoms with Gasteiger partial charge in [0.2, 0.25) is 0 Å². The zero-order valence-corrected chi connectivity index (χ0v) is 82.7. The van der Waals surface area contributed by atoms with Crippen molar-refractivity contribution in [2.45, 2.75) is 441 Å². The van der Waals surface area contributed by atoms with E-state index in [1.165, 1.54) is 177 Å². The molecule has 2 saturated carbocycles. The average Bonchev–Trinajstić information content (AvgIpc) is 1.63. The molecule has 0 N–H and O–H groups in total. The molecule has 2 aromatic rings. The summed E-state index contributed by atoms with van der Waals surface area (Å²) in [7, 11) is 0. The molecule has 0 spiro atoms. The maximum Gasteiger partial charge on any atom is 0.123 e. The van der Waals surface area contributed by atoms with Crippen molar-refractivity contribution in [3.63, 3.8) is 0 Å². The summed E-state index contributed by atoms with van der Waals surface area (Å²) in [6.45, 7) is 89.8. The van der Waals surface area contributed by atoms with Crippen LogP contribution in [0.15, 0.2) is 48.5 Å². The molecule has 111 heavy (non-hydrogen) atoms. The second kappa shape index (κ2) is 66.1. The van der Waals surface area contributed by atoms with Gasteiger partial charge in [-0.1, -0.05) is 343 Å². The summed E-state index contributed by atoms with van der Waals surface area (Å²) >= 11 is 0. The largest absolute Gasteiger partial charge is 0.381 e. The van der Waals surface area contributed by atoms with E-state index in [2.05, 4.69) is 280 Å². The average molecular weight is 1560 g/mol. The van der Waals surface area contributed by atoms with Gasteiger partial charge in [0, 0.05) is 33.0 Å². The van der Waals surface area contributed by atoms with Crippen molar-refractivity contribution in [3.8, 4) is 0 Å². The van der Waals surface area contributed by atoms with Gasteiger partial charge in [0.05, 0.1) is 5.60 Å². The Morgan fingerprint density at radius 1 is 0.333 bits per heavy atom. The van der Waals surface area contributed by atoms with Crippen molar-refractivity contribution in [2.75, 3.05) is 33.0 Å². The van der Waals surface area contributed by atoms with E-state index in [4.69, 9.17) is 14.2 Å². The third-order valence-corrected chi connectivity index (χ3v) is 24.8. The molecular formula is C107H207FO3. The van der Waals surface area contributed by atoms with Gasteiger partial charge in [0.25, 0.3) is 0 Å². The Balaban J connectivity index is -0.00000124. The van der Waals surface area contributed by atoms with E-state index in [0.29, 0.717) is 17.8 Å². The Hall–Kier alpha value is -1.75. The fraction of sp³-hybridized carbons (Fsp3) is 0.888. The molecule has 10 atom stereocenters. The third-order valence-electron chi connectivity index (χ3n) is 24.8. The molecule has 2 aliphatic rings. The molecule has 4 heteroatoms. The van der Waals surface area contributed by atoms with E-state index in [1.54, 1.807) is 12.1 Å². The lowest BCUT2D eigenvalue weighted by Crippen LogP contribution is -2.27. The normalized spacial score (nSPS) is 17.3. The van der Waals surface area contributed by atoms with E-state index in [0.717, 1.165) is 170 Å². The second-order valence-electron chi connectivity index (χ2n) is 43.8. The van der Waals surface area contributed by atoms with E-state index >= 15 is 0 Å². The van der Waals surface area contributed by atoms with Crippen molar-refractivity contribution in [3.05, 3.63) is 71.0 Å². The minimum Gasteiger partial charge on any atom is -0.381 e. The molecule has 0 heterocycles. The van der Waals surface area contributed by atoms with E-state index in [9.17, 15) is 4.39 Å². The van der Waals surface area contributed by atoms with Gasteiger partial charge in [-0.2, -0.15) is 0 Å². The number of hydrogen-bond donors (Lipinski definition) is 0. The topological polar surface area (TPSA) is 27.7 Å². The molecule has 0 amide bonds. The maximum absolute atomic E-state index is 12.9. The van der Waals surface area contributed by atoms with Gasteiger partial charge in [-0.3, -0.25) is 0 Å². The van der Waals surface area contributed by atoms with Crippen molar-refractivity contribution in [2.24, 2.45) is 142 Å². The predicted octanol–water partition coefficient (Wildman–Crippen LogP) is 34.9. The summed E-state index contributed by atoms with van der Waals surface area (Å²) in [5, 5.41) is 0. The number of benzene rings is 2. The zero-order valence-electron chi connectivity index (χ0n) is 82.7. The highest BCUT2D eigenvalue weighted by Gasteiger charge is 2.38. The first-order valence-corrected chi connectivity index (χ1v) is 48.2. The molecule has 0 radical (unpaired) electrons. The van der Waals surface area contributed by atoms with Gasteiger partial charge in [-0.15, -0.1) is 0 Å².